The Kier molecular flexibility index (Phi) is 24.2. The average molecular weight is 738 g/mol. The van der Waals surface area contributed by atoms with Gasteiger partial charge in [0.2, 0.25) is 6.67 Å². The second-order valence-electron chi connectivity index (χ2n) is 8.72. The van der Waals surface area contributed by atoms with Crippen LogP contribution in [0.1, 0.15) is 75.2 Å². The van der Waals surface area contributed by atoms with Crippen LogP contribution >= 0.6 is 0 Å². The summed E-state index contributed by atoms with van der Waals surface area (Å²) in [6, 6.07) is 1.75. The van der Waals surface area contributed by atoms with E-state index < -0.39 is 20.1 Å². The van der Waals surface area contributed by atoms with Gasteiger partial charge in [-0.15, -0.1) is 0 Å². The molecule has 0 aromatic carbocycles. The van der Waals surface area contributed by atoms with Crippen LogP contribution in [0.15, 0.2) is 12.4 Å². The Labute approximate surface area is 237 Å². The van der Waals surface area contributed by atoms with E-state index in [2.05, 4.69) is 48.2 Å². The summed E-state index contributed by atoms with van der Waals surface area (Å²) in [6.45, 7) is 23.0. The van der Waals surface area contributed by atoms with Crippen LogP contribution in [0.3, 0.4) is 0 Å². The predicted molar refractivity (Wildman–Crippen MR) is 133 cm³/mol. The topological polar surface area (TPSA) is 50.5 Å². The molecule has 1 heterocycles. The molecule has 1 saturated carbocycles. The zero-order valence-corrected chi connectivity index (χ0v) is 25.7. The number of halogens is 8. The van der Waals surface area contributed by atoms with Crippen LogP contribution in [-0.4, -0.2) is 48.1 Å². The molecule has 38 heavy (non-hydrogen) atoms. The maximum atomic E-state index is 9.75. The molecule has 1 aliphatic carbocycles. The Morgan fingerprint density at radius 1 is 0.816 bits per heavy atom. The van der Waals surface area contributed by atoms with Crippen molar-refractivity contribution in [2.45, 2.75) is 80.8 Å². The Bertz CT molecular complexity index is 590. The average Bonchev–Trinajstić information content (AvgIpc) is 3.19. The maximum Gasteiger partial charge on any atom is 3.00 e. The largest absolute Gasteiger partial charge is 3.00 e. The van der Waals surface area contributed by atoms with Gasteiger partial charge in [0, 0.05) is 32.4 Å². The zero-order chi connectivity index (χ0) is 30.2. The third-order valence-corrected chi connectivity index (χ3v) is 4.81. The molecule has 7 radical (unpaired) electrons. The number of nitrogens with zero attached hydrogens (tertiary/aromatic N) is 3. The van der Waals surface area contributed by atoms with E-state index in [9.17, 15) is 39.6 Å². The molecule has 0 amide bonds. The van der Waals surface area contributed by atoms with Crippen molar-refractivity contribution >= 4 is 14.5 Å². The van der Waals surface area contributed by atoms with E-state index in [0.29, 0.717) is 6.54 Å². The molecule has 221 valence electrons. The summed E-state index contributed by atoms with van der Waals surface area (Å²) in [5.41, 5.74) is -0.669. The van der Waals surface area contributed by atoms with E-state index in [4.69, 9.17) is 5.26 Å². The Morgan fingerprint density at radius 2 is 1.08 bits per heavy atom. The minimum Gasteiger partial charge on any atom is -0.418 e. The van der Waals surface area contributed by atoms with E-state index in [1.54, 1.807) is 19.9 Å². The molecule has 4 nitrogen and oxygen atoms in total. The number of aliphatic hydroxyl groups is 1. The van der Waals surface area contributed by atoms with Crippen molar-refractivity contribution in [2.75, 3.05) is 13.1 Å². The molecular formula is C23H38B2F8IrN3O+. The Hall–Kier alpha value is -0.991. The van der Waals surface area contributed by atoms with Gasteiger partial charge in [-0.1, -0.05) is 48.0 Å². The van der Waals surface area contributed by atoms with Crippen molar-refractivity contribution < 1.29 is 59.7 Å². The molecule has 0 spiro atoms. The van der Waals surface area contributed by atoms with Crippen LogP contribution in [0.2, 0.25) is 0 Å². The number of hydrogen-bond acceptors (Lipinski definition) is 4. The fourth-order valence-corrected chi connectivity index (χ4v) is 2.76. The zero-order valence-electron chi connectivity index (χ0n) is 23.3. The molecule has 1 fully saturated rings. The summed E-state index contributed by atoms with van der Waals surface area (Å²) in [5.74, 6) is 7.34. The van der Waals surface area contributed by atoms with Crippen molar-refractivity contribution in [3.63, 3.8) is 0 Å². The Morgan fingerprint density at radius 3 is 1.32 bits per heavy atom. The number of β-amino-alcohol motifs (C(OH)–C–C–N with tert-alkyl or cyclic N) is 1. The van der Waals surface area contributed by atoms with Gasteiger partial charge in [-0.25, -0.2) is 0 Å². The van der Waals surface area contributed by atoms with Gasteiger partial charge in [-0.2, -0.15) is 5.26 Å². The molecule has 0 aromatic heterocycles. The molecule has 0 bridgehead atoms. The van der Waals surface area contributed by atoms with Gasteiger partial charge in [0.15, 0.2) is 0 Å². The number of rotatable bonds is 5. The molecule has 0 aromatic rings. The summed E-state index contributed by atoms with van der Waals surface area (Å²) in [7, 11) is -12.0. The van der Waals surface area contributed by atoms with Crippen LogP contribution < -0.4 is 0 Å². The smallest absolute Gasteiger partial charge is 0.418 e. The van der Waals surface area contributed by atoms with Crippen molar-refractivity contribution in [1.29, 1.82) is 5.26 Å². The van der Waals surface area contributed by atoms with Crippen molar-refractivity contribution in [2.24, 2.45) is 0 Å². The van der Waals surface area contributed by atoms with Gasteiger partial charge in [-0.05, 0) is 49.9 Å². The first-order chi connectivity index (χ1) is 16.5. The quantitative estimate of drug-likeness (QED) is 0.232. The Balaban J connectivity index is -0.000000211. The molecular weight excluding hydrogens is 700 g/mol. The maximum absolute atomic E-state index is 9.75. The van der Waals surface area contributed by atoms with E-state index in [1.807, 2.05) is 22.2 Å². The van der Waals surface area contributed by atoms with Crippen LogP contribution in [-0.2, 0) is 20.1 Å². The summed E-state index contributed by atoms with van der Waals surface area (Å²) in [5, 5.41) is 16.9. The third-order valence-electron chi connectivity index (χ3n) is 4.81. The van der Waals surface area contributed by atoms with Gasteiger partial charge >= 0.3 is 34.6 Å². The summed E-state index contributed by atoms with van der Waals surface area (Å²) < 4.78 is 78.0. The normalized spacial score (nSPS) is 17.1. The second-order valence-corrected chi connectivity index (χ2v) is 8.72. The SMILES string of the molecule is CC#N.CCCCN1[C]N(CC(C)(C)O)C=C1.C[C]1[C](C)[C](C)[C](C)[C]1C.F[B-](F)(F)F.F[B-](F)(F)F.[Ir+3]. The van der Waals surface area contributed by atoms with Crippen LogP contribution in [0.5, 0.6) is 0 Å². The predicted octanol–water partition coefficient (Wildman–Crippen LogP) is 7.74. The monoisotopic (exact) mass is 739 g/mol. The minimum absolute atomic E-state index is 0. The summed E-state index contributed by atoms with van der Waals surface area (Å²) in [4.78, 5) is 3.94. The molecule has 0 unspecified atom stereocenters. The van der Waals surface area contributed by atoms with Crippen molar-refractivity contribution in [1.82, 2.24) is 9.80 Å². The summed E-state index contributed by atoms with van der Waals surface area (Å²) in [6.07, 6.45) is 6.32. The first-order valence-corrected chi connectivity index (χ1v) is 11.4. The minimum atomic E-state index is -6.00. The van der Waals surface area contributed by atoms with E-state index >= 15 is 0 Å². The van der Waals surface area contributed by atoms with Crippen LogP contribution in [0.4, 0.5) is 34.5 Å². The van der Waals surface area contributed by atoms with Gasteiger partial charge in [0.1, 0.15) is 0 Å². The first-order valence-electron chi connectivity index (χ1n) is 11.4. The van der Waals surface area contributed by atoms with Gasteiger partial charge in [0.05, 0.1) is 11.7 Å². The van der Waals surface area contributed by atoms with Crippen LogP contribution in [0.25, 0.3) is 0 Å². The fourth-order valence-electron chi connectivity index (χ4n) is 2.76. The van der Waals surface area contributed by atoms with Gasteiger partial charge in [0.25, 0.3) is 0 Å². The van der Waals surface area contributed by atoms with E-state index in [0.717, 1.165) is 6.54 Å². The molecule has 2 rings (SSSR count). The third kappa shape index (κ3) is 29.6. The molecule has 0 saturated heterocycles. The molecule has 15 heteroatoms. The first kappa shape index (κ1) is 44.0. The summed E-state index contributed by atoms with van der Waals surface area (Å²) >= 11 is 0. The van der Waals surface area contributed by atoms with Crippen LogP contribution in [0, 0.1) is 47.6 Å². The fraction of sp³-hybridized carbons (Fsp3) is 0.609. The number of unbranched alkanes of at least 4 members (excludes halogenated alkanes) is 1. The van der Waals surface area contributed by atoms with Crippen molar-refractivity contribution in [3.05, 3.63) is 48.7 Å². The molecule has 1 N–H and O–H groups in total. The molecule has 1 aliphatic heterocycles. The molecule has 2 aliphatic rings. The standard InChI is InChI=1S/C11H20N2O.C10H15.C2H3N.2BF4.Ir/c1-4-5-6-12-7-8-13(10-12)9-11(2,3)14;1-6-7(2)9(4)10(5)8(6)3;1-2-3;2*2-1(3,4)5;/h7-8,14H,4-6,9H2,1-3H3;1-5H3;1H3;;;/q;;;2*-1;+3. The van der Waals surface area contributed by atoms with E-state index in [1.165, 1.54) is 49.4 Å². The van der Waals surface area contributed by atoms with Gasteiger partial charge < -0.3 is 49.4 Å². The molecule has 0 atom stereocenters. The number of hydrogen-bond donors (Lipinski definition) is 1. The second kappa shape index (κ2) is 20.8. The van der Waals surface area contributed by atoms with Gasteiger partial charge in [-0.3, -0.25) is 0 Å². The number of nitriles is 1. The van der Waals surface area contributed by atoms with Crippen molar-refractivity contribution in [3.8, 4) is 6.07 Å². The van der Waals surface area contributed by atoms with E-state index in [-0.39, 0.29) is 20.1 Å².